The zero-order valence-corrected chi connectivity index (χ0v) is 15.0. The lowest BCUT2D eigenvalue weighted by Crippen LogP contribution is -2.56. The van der Waals surface area contributed by atoms with Crippen LogP contribution in [0.2, 0.25) is 0 Å². The Morgan fingerprint density at radius 2 is 2.04 bits per heavy atom. The van der Waals surface area contributed by atoms with E-state index in [9.17, 15) is 9.59 Å². The van der Waals surface area contributed by atoms with Crippen LogP contribution in [0.15, 0.2) is 24.3 Å². The summed E-state index contributed by atoms with van der Waals surface area (Å²) in [7, 11) is 1.64. The van der Waals surface area contributed by atoms with Crippen LogP contribution in [0.5, 0.6) is 5.75 Å². The molecule has 3 N–H and O–H groups in total. The summed E-state index contributed by atoms with van der Waals surface area (Å²) in [6.07, 6.45) is 0.710. The maximum atomic E-state index is 12.4. The summed E-state index contributed by atoms with van der Waals surface area (Å²) in [5.41, 5.74) is 6.49. The number of rotatable bonds is 6. The summed E-state index contributed by atoms with van der Waals surface area (Å²) in [6, 6.07) is 7.72. The number of aryl methyl sites for hydroxylation is 1. The molecule has 0 spiro atoms. The van der Waals surface area contributed by atoms with Gasteiger partial charge in [-0.2, -0.15) is 0 Å². The highest BCUT2D eigenvalue weighted by Crippen LogP contribution is 2.14. The molecule has 3 amide bonds. The third kappa shape index (κ3) is 5.63. The van der Waals surface area contributed by atoms with Crippen LogP contribution in [0.1, 0.15) is 25.8 Å². The summed E-state index contributed by atoms with van der Waals surface area (Å²) in [5.74, 6) is 0.285. The van der Waals surface area contributed by atoms with E-state index in [4.69, 9.17) is 15.2 Å². The average Bonchev–Trinajstić information content (AvgIpc) is 2.59. The van der Waals surface area contributed by atoms with E-state index in [2.05, 4.69) is 5.32 Å². The molecule has 1 aliphatic rings. The van der Waals surface area contributed by atoms with Crippen LogP contribution >= 0.6 is 0 Å². The molecule has 1 aliphatic heterocycles. The summed E-state index contributed by atoms with van der Waals surface area (Å²) >= 11 is 0. The number of carbonyl (C=O) groups is 2. The van der Waals surface area contributed by atoms with Gasteiger partial charge < -0.3 is 25.4 Å². The molecule has 1 fully saturated rings. The molecule has 138 valence electrons. The quantitative estimate of drug-likeness (QED) is 0.809. The Bertz CT molecular complexity index is 590. The van der Waals surface area contributed by atoms with Crippen molar-refractivity contribution in [2.75, 3.05) is 20.2 Å². The Hall–Kier alpha value is -2.28. The van der Waals surface area contributed by atoms with Crippen molar-refractivity contribution in [1.82, 2.24) is 10.2 Å². The van der Waals surface area contributed by atoms with Gasteiger partial charge in [-0.1, -0.05) is 12.1 Å². The van der Waals surface area contributed by atoms with Gasteiger partial charge in [0.25, 0.3) is 0 Å². The second-order valence-electron chi connectivity index (χ2n) is 6.48. The Morgan fingerprint density at radius 3 is 2.64 bits per heavy atom. The molecular weight excluding hydrogens is 322 g/mol. The van der Waals surface area contributed by atoms with Crippen LogP contribution in [0.25, 0.3) is 0 Å². The number of hydrogen-bond donors (Lipinski definition) is 2. The normalized spacial score (nSPS) is 21.5. The minimum atomic E-state index is -0.746. The smallest absolute Gasteiger partial charge is 0.317 e. The SMILES string of the molecule is COc1ccc(CCC(C)NC(=O)N2CC(C(N)=O)O[C@H](C)C2)cc1. The molecule has 2 unspecified atom stereocenters. The fourth-order valence-corrected chi connectivity index (χ4v) is 2.82. The predicted molar refractivity (Wildman–Crippen MR) is 94.4 cm³/mol. The maximum Gasteiger partial charge on any atom is 0.317 e. The highest BCUT2D eigenvalue weighted by Gasteiger charge is 2.31. The molecule has 1 saturated heterocycles. The molecule has 0 radical (unpaired) electrons. The molecule has 7 nitrogen and oxygen atoms in total. The number of amides is 3. The highest BCUT2D eigenvalue weighted by molar-refractivity contribution is 5.81. The first kappa shape index (κ1) is 19.1. The standard InChI is InChI=1S/C18H27N3O4/c1-12(4-5-14-6-8-15(24-3)9-7-14)20-18(23)21-10-13(2)25-16(11-21)17(19)22/h6-9,12-13,16H,4-5,10-11H2,1-3H3,(H2,19,22)(H,20,23)/t12?,13-,16?/m1/s1. The number of methoxy groups -OCH3 is 1. The highest BCUT2D eigenvalue weighted by atomic mass is 16.5. The van der Waals surface area contributed by atoms with Crippen molar-refractivity contribution in [1.29, 1.82) is 0 Å². The number of morpholine rings is 1. The Labute approximate surface area is 148 Å². The number of urea groups is 1. The van der Waals surface area contributed by atoms with Crippen molar-refractivity contribution in [3.05, 3.63) is 29.8 Å². The second-order valence-corrected chi connectivity index (χ2v) is 6.48. The van der Waals surface area contributed by atoms with Gasteiger partial charge in [-0.15, -0.1) is 0 Å². The number of ether oxygens (including phenoxy) is 2. The number of nitrogens with one attached hydrogen (secondary N) is 1. The molecule has 25 heavy (non-hydrogen) atoms. The van der Waals surface area contributed by atoms with Gasteiger partial charge in [0.15, 0.2) is 6.10 Å². The van der Waals surface area contributed by atoms with Crippen LogP contribution in [0, 0.1) is 0 Å². The summed E-state index contributed by atoms with van der Waals surface area (Å²) in [4.78, 5) is 25.3. The largest absolute Gasteiger partial charge is 0.497 e. The van der Waals surface area contributed by atoms with Gasteiger partial charge in [0.1, 0.15) is 5.75 Å². The molecule has 1 heterocycles. The number of primary amides is 1. The van der Waals surface area contributed by atoms with E-state index in [-0.39, 0.29) is 24.7 Å². The lowest BCUT2D eigenvalue weighted by atomic mass is 10.1. The number of nitrogens with zero attached hydrogens (tertiary/aromatic N) is 1. The summed E-state index contributed by atoms with van der Waals surface area (Å²) in [6.45, 7) is 4.43. The zero-order valence-electron chi connectivity index (χ0n) is 15.0. The predicted octanol–water partition coefficient (Wildman–Crippen LogP) is 1.30. The van der Waals surface area contributed by atoms with E-state index in [1.54, 1.807) is 12.0 Å². The van der Waals surface area contributed by atoms with Gasteiger partial charge in [0.05, 0.1) is 19.8 Å². The summed E-state index contributed by atoms with van der Waals surface area (Å²) < 4.78 is 10.6. The van der Waals surface area contributed by atoms with E-state index >= 15 is 0 Å². The van der Waals surface area contributed by atoms with Gasteiger partial charge in [-0.3, -0.25) is 4.79 Å². The molecule has 0 bridgehead atoms. The van der Waals surface area contributed by atoms with Crippen LogP contribution in [0.3, 0.4) is 0 Å². The van der Waals surface area contributed by atoms with Gasteiger partial charge >= 0.3 is 6.03 Å². The number of benzene rings is 1. The molecule has 3 atom stereocenters. The van der Waals surface area contributed by atoms with Crippen molar-refractivity contribution in [3.63, 3.8) is 0 Å². The first-order chi connectivity index (χ1) is 11.9. The molecule has 1 aromatic carbocycles. The number of nitrogens with two attached hydrogens (primary N) is 1. The van der Waals surface area contributed by atoms with E-state index < -0.39 is 12.0 Å². The lowest BCUT2D eigenvalue weighted by Gasteiger charge is -2.36. The number of hydrogen-bond acceptors (Lipinski definition) is 4. The van der Waals surface area contributed by atoms with Crippen molar-refractivity contribution in [2.24, 2.45) is 5.73 Å². The molecule has 0 saturated carbocycles. The van der Waals surface area contributed by atoms with Crippen LogP contribution in [0.4, 0.5) is 4.79 Å². The fourth-order valence-electron chi connectivity index (χ4n) is 2.82. The van der Waals surface area contributed by atoms with Gasteiger partial charge in [-0.25, -0.2) is 4.79 Å². The molecule has 1 aromatic rings. The summed E-state index contributed by atoms with van der Waals surface area (Å²) in [5, 5.41) is 2.98. The minimum absolute atomic E-state index is 0.0137. The van der Waals surface area contributed by atoms with E-state index in [0.29, 0.717) is 6.54 Å². The second kappa shape index (κ2) is 8.71. The van der Waals surface area contributed by atoms with Crippen molar-refractivity contribution >= 4 is 11.9 Å². The Kier molecular flexibility index (Phi) is 6.64. The van der Waals surface area contributed by atoms with Crippen molar-refractivity contribution in [2.45, 2.75) is 44.9 Å². The van der Waals surface area contributed by atoms with E-state index in [1.165, 1.54) is 5.56 Å². The average molecular weight is 349 g/mol. The third-order valence-corrected chi connectivity index (χ3v) is 4.26. The van der Waals surface area contributed by atoms with Crippen molar-refractivity contribution < 1.29 is 19.1 Å². The molecule has 0 aromatic heterocycles. The monoisotopic (exact) mass is 349 g/mol. The third-order valence-electron chi connectivity index (χ3n) is 4.26. The Balaban J connectivity index is 1.81. The van der Waals surface area contributed by atoms with E-state index in [1.807, 2.05) is 38.1 Å². The lowest BCUT2D eigenvalue weighted by molar-refractivity contribution is -0.139. The zero-order chi connectivity index (χ0) is 18.4. The van der Waals surface area contributed by atoms with Gasteiger partial charge in [0.2, 0.25) is 5.91 Å². The van der Waals surface area contributed by atoms with Crippen LogP contribution in [-0.2, 0) is 16.0 Å². The number of carbonyl (C=O) groups excluding carboxylic acids is 2. The van der Waals surface area contributed by atoms with Crippen LogP contribution in [-0.4, -0.2) is 55.3 Å². The van der Waals surface area contributed by atoms with Gasteiger partial charge in [0, 0.05) is 12.6 Å². The Morgan fingerprint density at radius 1 is 1.36 bits per heavy atom. The maximum absolute atomic E-state index is 12.4. The van der Waals surface area contributed by atoms with Gasteiger partial charge in [-0.05, 0) is 44.4 Å². The molecule has 2 rings (SSSR count). The fraction of sp³-hybridized carbons (Fsp3) is 0.556. The van der Waals surface area contributed by atoms with Crippen LogP contribution < -0.4 is 15.8 Å². The molecular formula is C18H27N3O4. The topological polar surface area (TPSA) is 93.9 Å². The first-order valence-electron chi connectivity index (χ1n) is 8.52. The van der Waals surface area contributed by atoms with Crippen molar-refractivity contribution in [3.8, 4) is 5.75 Å². The molecule has 0 aliphatic carbocycles. The minimum Gasteiger partial charge on any atom is -0.497 e. The first-order valence-corrected chi connectivity index (χ1v) is 8.52. The molecule has 7 heteroatoms. The van der Waals surface area contributed by atoms with E-state index in [0.717, 1.165) is 18.6 Å².